The molecule has 1 amide bonds. The molecule has 0 radical (unpaired) electrons. The summed E-state index contributed by atoms with van der Waals surface area (Å²) in [6.45, 7) is 0. The van der Waals surface area contributed by atoms with Crippen molar-refractivity contribution in [2.45, 2.75) is 0 Å². The highest BCUT2D eigenvalue weighted by Crippen LogP contribution is 2.24. The molecule has 1 rings (SSSR count). The van der Waals surface area contributed by atoms with Gasteiger partial charge in [0, 0.05) is 0 Å². The lowest BCUT2D eigenvalue weighted by molar-refractivity contribution is 0.210. The second-order valence-electron chi connectivity index (χ2n) is 1.64. The van der Waals surface area contributed by atoms with Gasteiger partial charge in [0.25, 0.3) is 0 Å². The Hall–Kier alpha value is -1.23. The van der Waals surface area contributed by atoms with E-state index in [0.717, 1.165) is 0 Å². The lowest BCUT2D eigenvalue weighted by Crippen LogP contribution is -2.06. The van der Waals surface area contributed by atoms with Crippen LogP contribution in [0.4, 0.5) is 15.5 Å². The van der Waals surface area contributed by atoms with Crippen LogP contribution in [-0.2, 0) is 0 Å². The zero-order chi connectivity index (χ0) is 7.56. The smallest absolute Gasteiger partial charge is 0.409 e. The number of nitrogen functional groups attached to an aromatic ring is 1. The number of nitrogens with two attached hydrogens (primary N) is 1. The van der Waals surface area contributed by atoms with E-state index in [1.807, 2.05) is 0 Å². The van der Waals surface area contributed by atoms with E-state index in [2.05, 4.69) is 5.32 Å². The van der Waals surface area contributed by atoms with Gasteiger partial charge in [-0.05, 0) is 11.4 Å². The molecule has 0 spiro atoms. The zero-order valence-corrected chi connectivity index (χ0v) is 5.81. The Kier molecular flexibility index (Phi) is 1.77. The Morgan fingerprint density at radius 1 is 1.80 bits per heavy atom. The van der Waals surface area contributed by atoms with Crippen molar-refractivity contribution in [3.63, 3.8) is 0 Å². The van der Waals surface area contributed by atoms with Gasteiger partial charge in [0.05, 0.1) is 5.69 Å². The molecule has 5 heteroatoms. The summed E-state index contributed by atoms with van der Waals surface area (Å²) >= 11 is 1.26. The van der Waals surface area contributed by atoms with E-state index in [9.17, 15) is 4.79 Å². The summed E-state index contributed by atoms with van der Waals surface area (Å²) in [4.78, 5) is 10.1. The van der Waals surface area contributed by atoms with Crippen LogP contribution in [0.25, 0.3) is 0 Å². The van der Waals surface area contributed by atoms with Crippen LogP contribution in [-0.4, -0.2) is 11.2 Å². The first-order chi connectivity index (χ1) is 4.70. The molecule has 4 N–H and O–H groups in total. The third-order valence-corrected chi connectivity index (χ3v) is 1.76. The average Bonchev–Trinajstić information content (AvgIpc) is 2.15. The fraction of sp³-hybridized carbons (Fsp3) is 0. The van der Waals surface area contributed by atoms with Crippen molar-refractivity contribution >= 4 is 28.1 Å². The second kappa shape index (κ2) is 2.57. The van der Waals surface area contributed by atoms with E-state index < -0.39 is 6.09 Å². The minimum absolute atomic E-state index is 0.465. The monoisotopic (exact) mass is 158 g/mol. The molecule has 0 atom stereocenters. The van der Waals surface area contributed by atoms with Crippen LogP contribution in [0.5, 0.6) is 0 Å². The summed E-state index contributed by atoms with van der Waals surface area (Å²) < 4.78 is 0. The second-order valence-corrected chi connectivity index (χ2v) is 2.55. The summed E-state index contributed by atoms with van der Waals surface area (Å²) in [5.41, 5.74) is 5.84. The van der Waals surface area contributed by atoms with Gasteiger partial charge in [-0.1, -0.05) is 0 Å². The molecule has 10 heavy (non-hydrogen) atoms. The summed E-state index contributed by atoms with van der Waals surface area (Å²) in [7, 11) is 0. The topological polar surface area (TPSA) is 75.3 Å². The molecule has 0 bridgehead atoms. The van der Waals surface area contributed by atoms with Crippen molar-refractivity contribution in [1.29, 1.82) is 0 Å². The molecular formula is C5H6N2O2S. The van der Waals surface area contributed by atoms with E-state index >= 15 is 0 Å². The van der Waals surface area contributed by atoms with Gasteiger partial charge in [-0.25, -0.2) is 4.79 Å². The van der Waals surface area contributed by atoms with Crippen LogP contribution in [0, 0.1) is 0 Å². The quantitative estimate of drug-likeness (QED) is 0.578. The average molecular weight is 158 g/mol. The van der Waals surface area contributed by atoms with E-state index in [0.29, 0.717) is 10.7 Å². The van der Waals surface area contributed by atoms with Crippen molar-refractivity contribution in [2.75, 3.05) is 11.1 Å². The number of nitrogens with one attached hydrogen (secondary N) is 1. The lowest BCUT2D eigenvalue weighted by atomic mass is 10.5. The van der Waals surface area contributed by atoms with Gasteiger partial charge < -0.3 is 10.8 Å². The van der Waals surface area contributed by atoms with Gasteiger partial charge in [0.15, 0.2) is 0 Å². The van der Waals surface area contributed by atoms with Crippen LogP contribution < -0.4 is 11.1 Å². The number of anilines is 2. The van der Waals surface area contributed by atoms with Crippen LogP contribution in [0.3, 0.4) is 0 Å². The first kappa shape index (κ1) is 6.88. The van der Waals surface area contributed by atoms with Gasteiger partial charge in [-0.2, -0.15) is 0 Å². The zero-order valence-electron chi connectivity index (χ0n) is 5.00. The van der Waals surface area contributed by atoms with Gasteiger partial charge in [-0.15, -0.1) is 11.3 Å². The number of carboxylic acid groups (broad SMARTS) is 1. The van der Waals surface area contributed by atoms with Crippen molar-refractivity contribution in [3.8, 4) is 0 Å². The third-order valence-electron chi connectivity index (χ3n) is 0.916. The summed E-state index contributed by atoms with van der Waals surface area (Å²) in [5.74, 6) is 0. The van der Waals surface area contributed by atoms with Gasteiger partial charge in [-0.3, -0.25) is 5.32 Å². The maximum Gasteiger partial charge on any atom is 0.409 e. The summed E-state index contributed by atoms with van der Waals surface area (Å²) in [6, 6.07) is 1.65. The predicted molar refractivity (Wildman–Crippen MR) is 40.4 cm³/mol. The minimum atomic E-state index is -1.09. The fourth-order valence-corrected chi connectivity index (χ4v) is 1.22. The summed E-state index contributed by atoms with van der Waals surface area (Å²) in [6.07, 6.45) is -1.09. The molecule has 54 valence electrons. The number of hydrogen-bond acceptors (Lipinski definition) is 3. The lowest BCUT2D eigenvalue weighted by Gasteiger charge is -1.95. The maximum absolute atomic E-state index is 10.1. The standard InChI is InChI=1S/C5H6N2O2S/c6-3-1-2-10-4(3)7-5(8)9/h1-2,7H,6H2,(H,8,9). The molecule has 1 aromatic rings. The van der Waals surface area contributed by atoms with Crippen LogP contribution >= 0.6 is 11.3 Å². The Morgan fingerprint density at radius 3 is 2.90 bits per heavy atom. The van der Waals surface area contributed by atoms with Gasteiger partial charge in [0.1, 0.15) is 5.00 Å². The first-order valence-electron chi connectivity index (χ1n) is 2.53. The number of amides is 1. The number of rotatable bonds is 1. The van der Waals surface area contributed by atoms with E-state index in [1.54, 1.807) is 11.4 Å². The molecule has 0 aliphatic heterocycles. The Balaban J connectivity index is 2.74. The SMILES string of the molecule is Nc1ccsc1NC(=O)O. The van der Waals surface area contributed by atoms with Crippen molar-refractivity contribution < 1.29 is 9.90 Å². The highest BCUT2D eigenvalue weighted by atomic mass is 32.1. The predicted octanol–water partition coefficient (Wildman–Crippen LogP) is 1.42. The largest absolute Gasteiger partial charge is 0.465 e. The highest BCUT2D eigenvalue weighted by molar-refractivity contribution is 7.15. The molecule has 4 nitrogen and oxygen atoms in total. The molecule has 0 aliphatic rings. The van der Waals surface area contributed by atoms with Gasteiger partial charge in [0.2, 0.25) is 0 Å². The maximum atomic E-state index is 10.1. The number of hydrogen-bond donors (Lipinski definition) is 3. The normalized spacial score (nSPS) is 9.20. The molecule has 0 saturated heterocycles. The van der Waals surface area contributed by atoms with Crippen LogP contribution in [0.1, 0.15) is 0 Å². The Labute approximate surface area is 61.3 Å². The minimum Gasteiger partial charge on any atom is -0.465 e. The Bertz CT molecular complexity index is 246. The highest BCUT2D eigenvalue weighted by Gasteiger charge is 2.01. The summed E-state index contributed by atoms with van der Waals surface area (Å²) in [5, 5.41) is 12.6. The van der Waals surface area contributed by atoms with Crippen LogP contribution in [0.2, 0.25) is 0 Å². The molecule has 0 fully saturated rings. The first-order valence-corrected chi connectivity index (χ1v) is 3.41. The Morgan fingerprint density at radius 2 is 2.50 bits per heavy atom. The number of carbonyl (C=O) groups is 1. The van der Waals surface area contributed by atoms with E-state index in [4.69, 9.17) is 10.8 Å². The molecule has 0 unspecified atom stereocenters. The van der Waals surface area contributed by atoms with Gasteiger partial charge >= 0.3 is 6.09 Å². The molecule has 1 heterocycles. The van der Waals surface area contributed by atoms with Crippen molar-refractivity contribution in [3.05, 3.63) is 11.4 Å². The van der Waals surface area contributed by atoms with Crippen molar-refractivity contribution in [2.24, 2.45) is 0 Å². The van der Waals surface area contributed by atoms with Crippen molar-refractivity contribution in [1.82, 2.24) is 0 Å². The molecule has 0 saturated carbocycles. The fourth-order valence-electron chi connectivity index (χ4n) is 0.518. The molecule has 0 aliphatic carbocycles. The molecule has 1 aromatic heterocycles. The van der Waals surface area contributed by atoms with Crippen LogP contribution in [0.15, 0.2) is 11.4 Å². The number of thiophene rings is 1. The third kappa shape index (κ3) is 1.38. The van der Waals surface area contributed by atoms with E-state index in [1.165, 1.54) is 11.3 Å². The molecule has 0 aromatic carbocycles. The van der Waals surface area contributed by atoms with E-state index in [-0.39, 0.29) is 0 Å². The molecular weight excluding hydrogens is 152 g/mol.